The largest absolute Gasteiger partial charge is 0.573 e. The Hall–Kier alpha value is -5.26. The van der Waals surface area contributed by atoms with Crippen molar-refractivity contribution in [2.24, 2.45) is 0 Å². The summed E-state index contributed by atoms with van der Waals surface area (Å²) >= 11 is 0. The van der Waals surface area contributed by atoms with Crippen LogP contribution in [0.2, 0.25) is 0 Å². The van der Waals surface area contributed by atoms with Crippen LogP contribution in [-0.2, 0) is 19.4 Å². The van der Waals surface area contributed by atoms with Crippen molar-refractivity contribution in [2.75, 3.05) is 0 Å². The molecular formula is C32H26F3N7O2. The topological polar surface area (TPSA) is 104 Å². The third-order valence-corrected chi connectivity index (χ3v) is 8.07. The molecule has 0 saturated carbocycles. The smallest absolute Gasteiger partial charge is 0.405 e. The summed E-state index contributed by atoms with van der Waals surface area (Å²) in [5.74, 6) is 0.955. The van der Waals surface area contributed by atoms with Crippen molar-refractivity contribution in [3.8, 4) is 28.3 Å². The maximum Gasteiger partial charge on any atom is 0.573 e. The molecule has 0 radical (unpaired) electrons. The zero-order valence-corrected chi connectivity index (χ0v) is 23.5. The molecule has 222 valence electrons. The van der Waals surface area contributed by atoms with Gasteiger partial charge in [0.25, 0.3) is 5.56 Å². The Balaban J connectivity index is 1.28. The lowest BCUT2D eigenvalue weighted by Gasteiger charge is -2.19. The molecule has 3 heterocycles. The lowest BCUT2D eigenvalue weighted by Crippen LogP contribution is -2.25. The molecule has 44 heavy (non-hydrogen) atoms. The van der Waals surface area contributed by atoms with Gasteiger partial charge in [0.1, 0.15) is 17.1 Å². The number of alkyl halides is 3. The number of tetrazole rings is 1. The molecule has 0 aliphatic heterocycles. The summed E-state index contributed by atoms with van der Waals surface area (Å²) in [5, 5.41) is 14.5. The Morgan fingerprint density at radius 1 is 1.02 bits per heavy atom. The number of para-hydroxylation sites is 1. The fourth-order valence-electron chi connectivity index (χ4n) is 6.18. The van der Waals surface area contributed by atoms with Gasteiger partial charge in [-0.2, -0.15) is 5.21 Å². The number of H-pyrrole nitrogens is 1. The van der Waals surface area contributed by atoms with Crippen molar-refractivity contribution in [3.05, 3.63) is 112 Å². The minimum Gasteiger partial charge on any atom is -0.405 e. The zero-order valence-electron chi connectivity index (χ0n) is 23.5. The molecule has 6 aromatic rings. The molecular weight excluding hydrogens is 571 g/mol. The predicted octanol–water partition coefficient (Wildman–Crippen LogP) is 6.09. The number of ether oxygens (including phenoxy) is 1. The van der Waals surface area contributed by atoms with Gasteiger partial charge in [-0.05, 0) is 52.4 Å². The lowest BCUT2D eigenvalue weighted by molar-refractivity contribution is -0.274. The second kappa shape index (κ2) is 10.8. The molecule has 0 spiro atoms. The van der Waals surface area contributed by atoms with Crippen molar-refractivity contribution in [1.29, 1.82) is 0 Å². The van der Waals surface area contributed by atoms with E-state index >= 15 is 0 Å². The second-order valence-electron chi connectivity index (χ2n) is 10.6. The van der Waals surface area contributed by atoms with Gasteiger partial charge in [0.05, 0.1) is 18.1 Å². The number of nitrogens with zero attached hydrogens (tertiary/aromatic N) is 6. The average molecular weight is 598 g/mol. The maximum absolute atomic E-state index is 14.0. The van der Waals surface area contributed by atoms with Gasteiger partial charge in [-0.15, -0.1) is 23.4 Å². The summed E-state index contributed by atoms with van der Waals surface area (Å²) in [6.45, 7) is 1.91. The Kier molecular flexibility index (Phi) is 6.75. The highest BCUT2D eigenvalue weighted by Gasteiger charge is 2.32. The third-order valence-electron chi connectivity index (χ3n) is 8.07. The molecule has 1 atom stereocenters. The number of hydrogen-bond acceptors (Lipinski definition) is 6. The zero-order chi connectivity index (χ0) is 30.4. The van der Waals surface area contributed by atoms with Crippen LogP contribution in [0.1, 0.15) is 41.9 Å². The summed E-state index contributed by atoms with van der Waals surface area (Å²) < 4.78 is 46.7. The number of nitrogens with one attached hydrogen (secondary N) is 1. The summed E-state index contributed by atoms with van der Waals surface area (Å²) in [5.41, 5.74) is 6.08. The number of halogens is 3. The number of benzene rings is 3. The fraction of sp³-hybridized carbons (Fsp3) is 0.219. The number of imidazole rings is 1. The van der Waals surface area contributed by atoms with Gasteiger partial charge >= 0.3 is 6.36 Å². The highest BCUT2D eigenvalue weighted by molar-refractivity contribution is 5.81. The molecule has 12 heteroatoms. The molecule has 0 bridgehead atoms. The minimum absolute atomic E-state index is 0.0853. The van der Waals surface area contributed by atoms with E-state index in [1.807, 2.05) is 35.8 Å². The number of aryl methyl sites for hydroxylation is 2. The fourth-order valence-corrected chi connectivity index (χ4v) is 6.18. The van der Waals surface area contributed by atoms with Crippen LogP contribution in [0.4, 0.5) is 13.2 Å². The first-order chi connectivity index (χ1) is 21.3. The van der Waals surface area contributed by atoms with E-state index in [1.165, 1.54) is 28.3 Å². The number of aromatic amines is 1. The monoisotopic (exact) mass is 597 g/mol. The first-order valence-electron chi connectivity index (χ1n) is 14.2. The van der Waals surface area contributed by atoms with E-state index < -0.39 is 6.36 Å². The molecule has 3 aromatic heterocycles. The third kappa shape index (κ3) is 4.91. The Morgan fingerprint density at radius 2 is 1.82 bits per heavy atom. The van der Waals surface area contributed by atoms with Crippen LogP contribution in [0.15, 0.2) is 83.8 Å². The van der Waals surface area contributed by atoms with E-state index in [1.54, 1.807) is 18.3 Å². The highest BCUT2D eigenvalue weighted by Crippen LogP contribution is 2.40. The lowest BCUT2D eigenvalue weighted by atomic mass is 9.96. The van der Waals surface area contributed by atoms with Crippen LogP contribution < -0.4 is 10.3 Å². The molecule has 7 rings (SSSR count). The number of pyridine rings is 1. The average Bonchev–Trinajstić information content (AvgIpc) is 3.77. The van der Waals surface area contributed by atoms with Crippen LogP contribution in [0, 0.1) is 0 Å². The number of rotatable bonds is 7. The van der Waals surface area contributed by atoms with Crippen LogP contribution in [0.25, 0.3) is 33.5 Å². The molecule has 0 amide bonds. The number of fused-ring (bicyclic) bond motifs is 2. The van der Waals surface area contributed by atoms with Crippen LogP contribution in [0.3, 0.4) is 0 Å². The summed E-state index contributed by atoms with van der Waals surface area (Å²) in [6.07, 6.45) is -1.07. The van der Waals surface area contributed by atoms with Crippen molar-refractivity contribution in [3.63, 3.8) is 0 Å². The SMILES string of the molecule is CCc1nc2ccn(Cc3ccccc3OC(F)(F)F)c(=O)c2n1[C@H]1CCc2cc(-c3ccccc3-c3nn[nH]n3)ccc21. The van der Waals surface area contributed by atoms with Gasteiger partial charge in [-0.25, -0.2) is 4.98 Å². The van der Waals surface area contributed by atoms with Crippen molar-refractivity contribution >= 4 is 11.0 Å². The maximum atomic E-state index is 14.0. The molecule has 9 nitrogen and oxygen atoms in total. The number of hydrogen-bond donors (Lipinski definition) is 1. The molecule has 0 fully saturated rings. The van der Waals surface area contributed by atoms with E-state index in [0.29, 0.717) is 23.3 Å². The first-order valence-corrected chi connectivity index (χ1v) is 14.2. The molecule has 0 saturated heterocycles. The Bertz CT molecular complexity index is 2050. The van der Waals surface area contributed by atoms with Gasteiger partial charge in [-0.1, -0.05) is 67.6 Å². The Labute approximate surface area is 249 Å². The van der Waals surface area contributed by atoms with Crippen molar-refractivity contribution < 1.29 is 17.9 Å². The van der Waals surface area contributed by atoms with Crippen LogP contribution >= 0.6 is 0 Å². The van der Waals surface area contributed by atoms with Crippen molar-refractivity contribution in [1.82, 2.24) is 34.7 Å². The molecule has 1 N–H and O–H groups in total. The van der Waals surface area contributed by atoms with Crippen LogP contribution in [0.5, 0.6) is 5.75 Å². The van der Waals surface area contributed by atoms with Crippen LogP contribution in [-0.4, -0.2) is 41.1 Å². The summed E-state index contributed by atoms with van der Waals surface area (Å²) in [6, 6.07) is 21.7. The normalized spacial score (nSPS) is 14.7. The summed E-state index contributed by atoms with van der Waals surface area (Å²) in [7, 11) is 0. The minimum atomic E-state index is -4.84. The van der Waals surface area contributed by atoms with E-state index in [9.17, 15) is 18.0 Å². The van der Waals surface area contributed by atoms with E-state index in [2.05, 4.69) is 43.6 Å². The van der Waals surface area contributed by atoms with Gasteiger partial charge in [0.2, 0.25) is 5.82 Å². The predicted molar refractivity (Wildman–Crippen MR) is 157 cm³/mol. The standard InChI is InChI=1S/C32H26F3N7O2/c1-2-28-36-25-15-16-41(18-21-7-3-6-10-27(21)44-32(33,34)35)31(43)29(25)42(28)26-14-12-20-17-19(11-13-23(20)26)22-8-4-5-9-24(22)30-37-39-40-38-30/h3-11,13,15-17,26H,2,12,14,18H2,1H3,(H,37,38,39,40)/t26-/m0/s1. The number of aromatic nitrogens is 7. The molecule has 1 aliphatic rings. The molecule has 3 aromatic carbocycles. The van der Waals surface area contributed by atoms with Gasteiger partial charge < -0.3 is 13.9 Å². The molecule has 1 aliphatic carbocycles. The van der Waals surface area contributed by atoms with E-state index in [-0.39, 0.29) is 29.5 Å². The quantitative estimate of drug-likeness (QED) is 0.239. The Morgan fingerprint density at radius 3 is 2.59 bits per heavy atom. The van der Waals surface area contributed by atoms with E-state index in [0.717, 1.165) is 40.9 Å². The van der Waals surface area contributed by atoms with Gasteiger partial charge in [0, 0.05) is 23.7 Å². The van der Waals surface area contributed by atoms with Gasteiger partial charge in [-0.3, -0.25) is 4.79 Å². The van der Waals surface area contributed by atoms with Gasteiger partial charge in [0.15, 0.2) is 0 Å². The molecule has 0 unspecified atom stereocenters. The second-order valence-corrected chi connectivity index (χ2v) is 10.6. The van der Waals surface area contributed by atoms with E-state index in [4.69, 9.17) is 4.98 Å². The first kappa shape index (κ1) is 27.6. The van der Waals surface area contributed by atoms with Crippen molar-refractivity contribution in [2.45, 2.75) is 45.1 Å². The highest BCUT2D eigenvalue weighted by atomic mass is 19.4. The summed E-state index contributed by atoms with van der Waals surface area (Å²) in [4.78, 5) is 18.7.